The van der Waals surface area contributed by atoms with Gasteiger partial charge in [0.15, 0.2) is 8.68 Å². The highest BCUT2D eigenvalue weighted by atomic mass is 32.2. The lowest BCUT2D eigenvalue weighted by atomic mass is 10.2. The van der Waals surface area contributed by atoms with Gasteiger partial charge in [0.05, 0.1) is 0 Å². The predicted octanol–water partition coefficient (Wildman–Crippen LogP) is 2.72. The minimum Gasteiger partial charge on any atom is -0.300 e. The number of hydrogen-bond acceptors (Lipinski definition) is 6. The molecule has 1 rings (SSSR count). The molecule has 1 aromatic rings. The molecule has 14 heavy (non-hydrogen) atoms. The Morgan fingerprint density at radius 3 is 2.64 bits per heavy atom. The van der Waals surface area contributed by atoms with Gasteiger partial charge in [-0.25, -0.2) is 0 Å². The molecule has 0 aliphatic carbocycles. The molecule has 0 amide bonds. The molecular weight excluding hydrogens is 236 g/mol. The number of aromatic nitrogens is 2. The molecule has 78 valence electrons. The van der Waals surface area contributed by atoms with Crippen LogP contribution in [0.15, 0.2) is 8.68 Å². The molecule has 1 aromatic heterocycles. The lowest BCUT2D eigenvalue weighted by Gasteiger charge is -2.04. The van der Waals surface area contributed by atoms with Crippen LogP contribution in [0.5, 0.6) is 0 Å². The van der Waals surface area contributed by atoms with Crippen molar-refractivity contribution in [3.05, 3.63) is 0 Å². The molecule has 1 heterocycles. The van der Waals surface area contributed by atoms with E-state index in [-0.39, 0.29) is 11.0 Å². The zero-order valence-electron chi connectivity index (χ0n) is 8.31. The SMILES string of the molecule is CSc1nnc(SC(C)CC(C)=O)s1. The average Bonchev–Trinajstić information content (AvgIpc) is 2.50. The van der Waals surface area contributed by atoms with Crippen molar-refractivity contribution in [1.29, 1.82) is 0 Å². The summed E-state index contributed by atoms with van der Waals surface area (Å²) in [7, 11) is 0. The second-order valence-corrected chi connectivity index (χ2v) is 6.59. The number of carbonyl (C=O) groups excluding carboxylic acids is 1. The van der Waals surface area contributed by atoms with Crippen molar-refractivity contribution in [3.63, 3.8) is 0 Å². The van der Waals surface area contributed by atoms with Crippen LogP contribution in [0.3, 0.4) is 0 Å². The number of thioether (sulfide) groups is 2. The monoisotopic (exact) mass is 248 g/mol. The molecule has 1 atom stereocenters. The summed E-state index contributed by atoms with van der Waals surface area (Å²) >= 11 is 4.79. The smallest absolute Gasteiger partial charge is 0.175 e. The normalized spacial score (nSPS) is 12.8. The Labute approximate surface area is 96.1 Å². The van der Waals surface area contributed by atoms with Crippen LogP contribution in [0.1, 0.15) is 20.3 Å². The largest absolute Gasteiger partial charge is 0.300 e. The van der Waals surface area contributed by atoms with E-state index in [1.165, 1.54) is 0 Å². The first-order valence-corrected chi connectivity index (χ1v) is 7.07. The van der Waals surface area contributed by atoms with Gasteiger partial charge in [0, 0.05) is 11.7 Å². The number of hydrogen-bond donors (Lipinski definition) is 0. The number of rotatable bonds is 5. The van der Waals surface area contributed by atoms with Crippen LogP contribution in [0.4, 0.5) is 0 Å². The van der Waals surface area contributed by atoms with Crippen LogP contribution in [-0.2, 0) is 4.79 Å². The fourth-order valence-electron chi connectivity index (χ4n) is 0.946. The zero-order chi connectivity index (χ0) is 10.6. The van der Waals surface area contributed by atoms with Crippen LogP contribution in [-0.4, -0.2) is 27.5 Å². The summed E-state index contributed by atoms with van der Waals surface area (Å²) in [5.74, 6) is 0.222. The van der Waals surface area contributed by atoms with E-state index in [0.717, 1.165) is 8.68 Å². The summed E-state index contributed by atoms with van der Waals surface area (Å²) in [6, 6.07) is 0. The Morgan fingerprint density at radius 2 is 2.14 bits per heavy atom. The van der Waals surface area contributed by atoms with E-state index < -0.39 is 0 Å². The van der Waals surface area contributed by atoms with Crippen molar-refractivity contribution in [2.24, 2.45) is 0 Å². The van der Waals surface area contributed by atoms with Gasteiger partial charge in [-0.1, -0.05) is 41.8 Å². The van der Waals surface area contributed by atoms with Gasteiger partial charge in [0.25, 0.3) is 0 Å². The van der Waals surface area contributed by atoms with Gasteiger partial charge in [0.2, 0.25) is 0 Å². The molecule has 0 aliphatic rings. The quantitative estimate of drug-likeness (QED) is 0.750. The first kappa shape index (κ1) is 12.0. The second-order valence-electron chi connectivity index (χ2n) is 2.87. The van der Waals surface area contributed by atoms with Gasteiger partial charge in [-0.15, -0.1) is 10.2 Å². The van der Waals surface area contributed by atoms with Crippen molar-refractivity contribution >= 4 is 40.6 Å². The number of Topliss-reactive ketones (excluding diaryl/α,β-unsaturated/α-hetero) is 1. The summed E-state index contributed by atoms with van der Waals surface area (Å²) in [5, 5.41) is 8.31. The van der Waals surface area contributed by atoms with E-state index in [4.69, 9.17) is 0 Å². The number of ketones is 1. The van der Waals surface area contributed by atoms with Crippen molar-refractivity contribution in [1.82, 2.24) is 10.2 Å². The topological polar surface area (TPSA) is 42.9 Å². The van der Waals surface area contributed by atoms with E-state index >= 15 is 0 Å². The molecule has 0 bridgehead atoms. The summed E-state index contributed by atoms with van der Waals surface area (Å²) in [6.07, 6.45) is 2.58. The Bertz CT molecular complexity index is 313. The maximum atomic E-state index is 10.9. The third-order valence-electron chi connectivity index (χ3n) is 1.44. The minimum absolute atomic E-state index is 0.222. The third kappa shape index (κ3) is 3.98. The predicted molar refractivity (Wildman–Crippen MR) is 62.3 cm³/mol. The summed E-state index contributed by atoms with van der Waals surface area (Å²) in [4.78, 5) is 10.9. The molecule has 0 saturated carbocycles. The molecule has 3 nitrogen and oxygen atoms in total. The lowest BCUT2D eigenvalue weighted by molar-refractivity contribution is -0.116. The fraction of sp³-hybridized carbons (Fsp3) is 0.625. The van der Waals surface area contributed by atoms with Crippen LogP contribution in [0.25, 0.3) is 0 Å². The van der Waals surface area contributed by atoms with Gasteiger partial charge in [-0.3, -0.25) is 4.79 Å². The molecular formula is C8H12N2OS3. The van der Waals surface area contributed by atoms with Gasteiger partial charge >= 0.3 is 0 Å². The maximum Gasteiger partial charge on any atom is 0.175 e. The molecule has 0 saturated heterocycles. The Morgan fingerprint density at radius 1 is 1.50 bits per heavy atom. The number of carbonyl (C=O) groups is 1. The highest BCUT2D eigenvalue weighted by molar-refractivity contribution is 8.03. The lowest BCUT2D eigenvalue weighted by Crippen LogP contribution is -2.02. The molecule has 0 radical (unpaired) electrons. The molecule has 1 unspecified atom stereocenters. The average molecular weight is 248 g/mol. The summed E-state index contributed by atoms with van der Waals surface area (Å²) in [5.41, 5.74) is 0. The summed E-state index contributed by atoms with van der Waals surface area (Å²) in [6.45, 7) is 3.65. The van der Waals surface area contributed by atoms with Crippen molar-refractivity contribution in [2.75, 3.05) is 6.26 Å². The van der Waals surface area contributed by atoms with Gasteiger partial charge in [-0.05, 0) is 13.2 Å². The second kappa shape index (κ2) is 5.72. The van der Waals surface area contributed by atoms with E-state index in [0.29, 0.717) is 6.42 Å². The first-order valence-electron chi connectivity index (χ1n) is 4.15. The van der Waals surface area contributed by atoms with Crippen LogP contribution in [0, 0.1) is 0 Å². The van der Waals surface area contributed by atoms with Crippen LogP contribution in [0.2, 0.25) is 0 Å². The van der Waals surface area contributed by atoms with Gasteiger partial charge in [0.1, 0.15) is 5.78 Å². The first-order chi connectivity index (χ1) is 6.61. The third-order valence-corrected chi connectivity index (χ3v) is 4.52. The maximum absolute atomic E-state index is 10.9. The van der Waals surface area contributed by atoms with Crippen molar-refractivity contribution in [3.8, 4) is 0 Å². The minimum atomic E-state index is 0.222. The van der Waals surface area contributed by atoms with Crippen LogP contribution < -0.4 is 0 Å². The van der Waals surface area contributed by atoms with E-state index in [1.807, 2.05) is 13.2 Å². The number of nitrogens with zero attached hydrogens (tertiary/aromatic N) is 2. The molecule has 0 spiro atoms. The molecule has 0 aliphatic heterocycles. The van der Waals surface area contributed by atoms with Crippen LogP contribution >= 0.6 is 34.9 Å². The fourth-order valence-corrected chi connectivity index (χ4v) is 3.78. The van der Waals surface area contributed by atoms with Gasteiger partial charge in [-0.2, -0.15) is 0 Å². The Hall–Kier alpha value is -0.0700. The van der Waals surface area contributed by atoms with E-state index in [9.17, 15) is 4.79 Å². The van der Waals surface area contributed by atoms with Crippen molar-refractivity contribution in [2.45, 2.75) is 34.2 Å². The molecule has 0 aromatic carbocycles. The Balaban J connectivity index is 2.47. The highest BCUT2D eigenvalue weighted by Crippen LogP contribution is 2.31. The molecule has 0 N–H and O–H groups in total. The van der Waals surface area contributed by atoms with Crippen molar-refractivity contribution < 1.29 is 4.79 Å². The molecule has 6 heteroatoms. The highest BCUT2D eigenvalue weighted by Gasteiger charge is 2.10. The Kier molecular flexibility index (Phi) is 4.91. The zero-order valence-corrected chi connectivity index (χ0v) is 10.8. The van der Waals surface area contributed by atoms with Gasteiger partial charge < -0.3 is 0 Å². The van der Waals surface area contributed by atoms with E-state index in [2.05, 4.69) is 10.2 Å². The standard InChI is InChI=1S/C8H12N2OS3/c1-5(11)4-6(2)13-8-10-9-7(12-3)14-8/h6H,4H2,1-3H3. The van der Waals surface area contributed by atoms with E-state index in [1.54, 1.807) is 41.8 Å². The summed E-state index contributed by atoms with van der Waals surface area (Å²) < 4.78 is 1.92. The molecule has 0 fully saturated rings.